The van der Waals surface area contributed by atoms with Gasteiger partial charge in [0.25, 0.3) is 5.91 Å². The Balaban J connectivity index is 1.72. The van der Waals surface area contributed by atoms with Crippen LogP contribution >= 0.6 is 15.9 Å². The van der Waals surface area contributed by atoms with Crippen molar-refractivity contribution >= 4 is 21.8 Å². The summed E-state index contributed by atoms with van der Waals surface area (Å²) in [5.74, 6) is 0.768. The van der Waals surface area contributed by atoms with Gasteiger partial charge in [-0.3, -0.25) is 9.48 Å². The predicted molar refractivity (Wildman–Crippen MR) is 107 cm³/mol. The molecule has 1 unspecified atom stereocenters. The van der Waals surface area contributed by atoms with Gasteiger partial charge < -0.3 is 9.64 Å². The third-order valence-corrected chi connectivity index (χ3v) is 5.70. The number of aromatic nitrogens is 2. The van der Waals surface area contributed by atoms with Gasteiger partial charge in [0.2, 0.25) is 0 Å². The molecule has 0 aliphatic carbocycles. The van der Waals surface area contributed by atoms with Gasteiger partial charge in [0.1, 0.15) is 5.75 Å². The molecule has 6 heteroatoms. The van der Waals surface area contributed by atoms with Gasteiger partial charge in [-0.05, 0) is 50.8 Å². The zero-order valence-corrected chi connectivity index (χ0v) is 16.8. The van der Waals surface area contributed by atoms with Crippen molar-refractivity contribution in [2.45, 2.75) is 12.5 Å². The number of benzene rings is 2. The smallest absolute Gasteiger partial charge is 0.255 e. The molecule has 1 aromatic heterocycles. The van der Waals surface area contributed by atoms with Crippen molar-refractivity contribution in [3.8, 4) is 5.75 Å². The summed E-state index contributed by atoms with van der Waals surface area (Å²) in [6.07, 6.45) is 3.91. The molecule has 1 atom stereocenters. The Morgan fingerprint density at radius 2 is 2.07 bits per heavy atom. The first kappa shape index (κ1) is 17.8. The summed E-state index contributed by atoms with van der Waals surface area (Å²) in [5.41, 5.74) is 4.16. The SMILES string of the molecule is COc1ccc(Br)c(C(=O)N2Cc3ccccc3C(c3cnn(C)c3)C2)c1. The molecular formula is C21H20BrN3O2. The van der Waals surface area contributed by atoms with Crippen LogP contribution in [-0.2, 0) is 13.6 Å². The van der Waals surface area contributed by atoms with Gasteiger partial charge in [0.15, 0.2) is 0 Å². The van der Waals surface area contributed by atoms with E-state index in [9.17, 15) is 4.79 Å². The molecule has 5 nitrogen and oxygen atoms in total. The first-order valence-corrected chi connectivity index (χ1v) is 9.55. The second-order valence-corrected chi connectivity index (χ2v) is 7.58. The van der Waals surface area contributed by atoms with Crippen molar-refractivity contribution in [3.05, 3.63) is 81.6 Å². The van der Waals surface area contributed by atoms with Crippen molar-refractivity contribution in [2.24, 2.45) is 7.05 Å². The quantitative estimate of drug-likeness (QED) is 0.637. The number of hydrogen-bond donors (Lipinski definition) is 0. The maximum atomic E-state index is 13.3. The maximum absolute atomic E-state index is 13.3. The average molecular weight is 426 g/mol. The summed E-state index contributed by atoms with van der Waals surface area (Å²) in [5, 5.41) is 4.32. The summed E-state index contributed by atoms with van der Waals surface area (Å²) < 4.78 is 7.87. The second-order valence-electron chi connectivity index (χ2n) is 6.73. The Morgan fingerprint density at radius 1 is 1.26 bits per heavy atom. The van der Waals surface area contributed by atoms with E-state index < -0.39 is 0 Å². The van der Waals surface area contributed by atoms with Crippen LogP contribution in [0.25, 0.3) is 0 Å². The van der Waals surface area contributed by atoms with E-state index in [1.54, 1.807) is 17.9 Å². The molecule has 1 aliphatic rings. The number of amides is 1. The molecule has 4 rings (SSSR count). The zero-order valence-electron chi connectivity index (χ0n) is 15.2. The van der Waals surface area contributed by atoms with Crippen molar-refractivity contribution in [2.75, 3.05) is 13.7 Å². The highest BCUT2D eigenvalue weighted by Gasteiger charge is 2.31. The highest BCUT2D eigenvalue weighted by Crippen LogP contribution is 2.35. The number of carbonyl (C=O) groups is 1. The Bertz CT molecular complexity index is 999. The Labute approximate surface area is 166 Å². The number of rotatable bonds is 3. The molecule has 0 spiro atoms. The molecule has 0 bridgehead atoms. The van der Waals surface area contributed by atoms with Gasteiger partial charge in [-0.2, -0.15) is 5.10 Å². The monoisotopic (exact) mass is 425 g/mol. The molecule has 0 fully saturated rings. The molecule has 2 heterocycles. The topological polar surface area (TPSA) is 47.4 Å². The number of carbonyl (C=O) groups excluding carboxylic acids is 1. The summed E-state index contributed by atoms with van der Waals surface area (Å²) in [7, 11) is 3.52. The van der Waals surface area contributed by atoms with Crippen LogP contribution in [0.5, 0.6) is 5.75 Å². The van der Waals surface area contributed by atoms with Crippen LogP contribution < -0.4 is 4.74 Å². The second kappa shape index (κ2) is 7.19. The van der Waals surface area contributed by atoms with Crippen LogP contribution in [0.1, 0.15) is 33.0 Å². The van der Waals surface area contributed by atoms with Crippen LogP contribution in [0.3, 0.4) is 0 Å². The van der Waals surface area contributed by atoms with E-state index in [2.05, 4.69) is 39.2 Å². The van der Waals surface area contributed by atoms with Crippen molar-refractivity contribution in [1.29, 1.82) is 0 Å². The van der Waals surface area contributed by atoms with E-state index in [0.29, 0.717) is 24.4 Å². The molecule has 1 amide bonds. The third kappa shape index (κ3) is 3.37. The molecule has 3 aromatic rings. The fourth-order valence-corrected chi connectivity index (χ4v) is 4.05. The fraction of sp³-hybridized carbons (Fsp3) is 0.238. The number of nitrogens with zero attached hydrogens (tertiary/aromatic N) is 3. The van der Waals surface area contributed by atoms with Gasteiger partial charge in [-0.15, -0.1) is 0 Å². The Morgan fingerprint density at radius 3 is 2.81 bits per heavy atom. The summed E-state index contributed by atoms with van der Waals surface area (Å²) in [4.78, 5) is 15.2. The zero-order chi connectivity index (χ0) is 19.0. The van der Waals surface area contributed by atoms with Crippen LogP contribution in [0.2, 0.25) is 0 Å². The van der Waals surface area contributed by atoms with Crippen LogP contribution in [0, 0.1) is 0 Å². The van der Waals surface area contributed by atoms with Gasteiger partial charge in [-0.1, -0.05) is 24.3 Å². The largest absolute Gasteiger partial charge is 0.497 e. The summed E-state index contributed by atoms with van der Waals surface area (Å²) in [6.45, 7) is 1.21. The standard InChI is InChI=1S/C21H20BrN3O2/c1-24-11-15(10-23-24)19-13-25(12-14-5-3-4-6-17(14)19)21(26)18-9-16(27-2)7-8-20(18)22/h3-11,19H,12-13H2,1-2H3. The Hall–Kier alpha value is -2.60. The summed E-state index contributed by atoms with van der Waals surface area (Å²) in [6, 6.07) is 13.8. The molecule has 27 heavy (non-hydrogen) atoms. The number of aryl methyl sites for hydroxylation is 1. The molecular weight excluding hydrogens is 406 g/mol. The summed E-state index contributed by atoms with van der Waals surface area (Å²) >= 11 is 3.51. The lowest BCUT2D eigenvalue weighted by Gasteiger charge is -2.34. The van der Waals surface area contributed by atoms with E-state index in [0.717, 1.165) is 10.0 Å². The van der Waals surface area contributed by atoms with Gasteiger partial charge >= 0.3 is 0 Å². The molecule has 0 saturated carbocycles. The normalized spacial score (nSPS) is 16.1. The van der Waals surface area contributed by atoms with Crippen molar-refractivity contribution in [3.63, 3.8) is 0 Å². The lowest BCUT2D eigenvalue weighted by molar-refractivity contribution is 0.0723. The van der Waals surface area contributed by atoms with E-state index in [1.165, 1.54) is 11.1 Å². The van der Waals surface area contributed by atoms with Gasteiger partial charge in [-0.25, -0.2) is 0 Å². The lowest BCUT2D eigenvalue weighted by atomic mass is 9.86. The first-order chi connectivity index (χ1) is 13.1. The predicted octanol–water partition coefficient (Wildman–Crippen LogP) is 3.98. The molecule has 2 aromatic carbocycles. The number of fused-ring (bicyclic) bond motifs is 1. The van der Waals surface area contributed by atoms with Gasteiger partial charge in [0.05, 0.1) is 18.9 Å². The molecule has 138 valence electrons. The molecule has 0 radical (unpaired) electrons. The number of halogens is 1. The lowest BCUT2D eigenvalue weighted by Crippen LogP contribution is -2.38. The minimum absolute atomic E-state index is 0.0100. The first-order valence-electron chi connectivity index (χ1n) is 8.76. The molecule has 0 saturated heterocycles. The number of hydrogen-bond acceptors (Lipinski definition) is 3. The fourth-order valence-electron chi connectivity index (χ4n) is 3.63. The van der Waals surface area contributed by atoms with Crippen molar-refractivity contribution < 1.29 is 9.53 Å². The minimum atomic E-state index is -0.0100. The van der Waals surface area contributed by atoms with E-state index >= 15 is 0 Å². The average Bonchev–Trinajstić information content (AvgIpc) is 3.13. The number of ether oxygens (including phenoxy) is 1. The maximum Gasteiger partial charge on any atom is 0.255 e. The Kier molecular flexibility index (Phi) is 4.74. The van der Waals surface area contributed by atoms with Crippen molar-refractivity contribution in [1.82, 2.24) is 14.7 Å². The van der Waals surface area contributed by atoms with E-state index in [4.69, 9.17) is 4.74 Å². The van der Waals surface area contributed by atoms with E-state index in [-0.39, 0.29) is 11.8 Å². The highest BCUT2D eigenvalue weighted by atomic mass is 79.9. The minimum Gasteiger partial charge on any atom is -0.497 e. The van der Waals surface area contributed by atoms with Crippen LogP contribution in [-0.4, -0.2) is 34.2 Å². The molecule has 0 N–H and O–H groups in total. The van der Waals surface area contributed by atoms with E-state index in [1.807, 2.05) is 42.5 Å². The molecule has 1 aliphatic heterocycles. The highest BCUT2D eigenvalue weighted by molar-refractivity contribution is 9.10. The van der Waals surface area contributed by atoms with Gasteiger partial charge in [0, 0.05) is 36.7 Å². The van der Waals surface area contributed by atoms with Crippen LogP contribution in [0.4, 0.5) is 0 Å². The number of methoxy groups -OCH3 is 1. The third-order valence-electron chi connectivity index (χ3n) is 5.01. The van der Waals surface area contributed by atoms with Crippen LogP contribution in [0.15, 0.2) is 59.3 Å².